The second-order valence-electron chi connectivity index (χ2n) is 4.19. The molecular weight excluding hydrogens is 356 g/mol. The Bertz CT molecular complexity index is 716. The van der Waals surface area contributed by atoms with Gasteiger partial charge in [-0.1, -0.05) is 47.0 Å². The van der Waals surface area contributed by atoms with E-state index in [0.29, 0.717) is 10.6 Å². The first-order valence-electron chi connectivity index (χ1n) is 6.09. The van der Waals surface area contributed by atoms with Crippen molar-refractivity contribution < 1.29 is 4.79 Å². The molecule has 2 heterocycles. The van der Waals surface area contributed by atoms with E-state index in [0.717, 1.165) is 20.0 Å². The second kappa shape index (κ2) is 8.33. The average Bonchev–Trinajstić information content (AvgIpc) is 3.11. The molecule has 0 aliphatic heterocycles. The SMILES string of the molecule is C=C(C)CSc1nnc(SCC(=O)Nc2sccc2C#N)s1. The number of hydrogen-bond donors (Lipinski definition) is 1. The smallest absolute Gasteiger partial charge is 0.235 e. The highest BCUT2D eigenvalue weighted by Crippen LogP contribution is 2.30. The summed E-state index contributed by atoms with van der Waals surface area (Å²) in [5, 5.41) is 22.1. The maximum absolute atomic E-state index is 11.9. The van der Waals surface area contributed by atoms with Crippen molar-refractivity contribution >= 4 is 57.1 Å². The first-order chi connectivity index (χ1) is 10.6. The Morgan fingerprint density at radius 2 is 2.09 bits per heavy atom. The molecule has 0 spiro atoms. The normalized spacial score (nSPS) is 10.2. The molecule has 9 heteroatoms. The highest BCUT2D eigenvalue weighted by Gasteiger charge is 2.11. The van der Waals surface area contributed by atoms with E-state index in [1.807, 2.05) is 13.0 Å². The Kier molecular flexibility index (Phi) is 6.45. The van der Waals surface area contributed by atoms with E-state index in [2.05, 4.69) is 22.1 Å². The third-order valence-electron chi connectivity index (χ3n) is 2.20. The first kappa shape index (κ1) is 17.0. The van der Waals surface area contributed by atoms with Crippen LogP contribution < -0.4 is 5.32 Å². The van der Waals surface area contributed by atoms with E-state index in [1.165, 1.54) is 34.4 Å². The topological polar surface area (TPSA) is 78.7 Å². The number of hydrogen-bond acceptors (Lipinski definition) is 8. The summed E-state index contributed by atoms with van der Waals surface area (Å²) < 4.78 is 1.63. The molecule has 0 radical (unpaired) electrons. The van der Waals surface area contributed by atoms with Gasteiger partial charge < -0.3 is 5.32 Å². The van der Waals surface area contributed by atoms with Crippen LogP contribution in [0.3, 0.4) is 0 Å². The molecule has 2 rings (SSSR count). The fourth-order valence-electron chi connectivity index (χ4n) is 1.28. The summed E-state index contributed by atoms with van der Waals surface area (Å²) in [7, 11) is 0. The van der Waals surface area contributed by atoms with Crippen LogP contribution in [0.25, 0.3) is 0 Å². The number of anilines is 1. The number of aromatic nitrogens is 2. The van der Waals surface area contributed by atoms with Gasteiger partial charge in [0.1, 0.15) is 11.1 Å². The maximum atomic E-state index is 11.9. The molecule has 0 bridgehead atoms. The van der Waals surface area contributed by atoms with Gasteiger partial charge in [0.15, 0.2) is 8.68 Å². The molecule has 22 heavy (non-hydrogen) atoms. The van der Waals surface area contributed by atoms with Gasteiger partial charge in [-0.05, 0) is 18.4 Å². The van der Waals surface area contributed by atoms with Crippen molar-refractivity contribution in [3.8, 4) is 6.07 Å². The summed E-state index contributed by atoms with van der Waals surface area (Å²) in [6.45, 7) is 5.81. The number of carbonyl (C=O) groups excluding carboxylic acids is 1. The molecule has 0 aliphatic rings. The van der Waals surface area contributed by atoms with Crippen LogP contribution in [-0.2, 0) is 4.79 Å². The number of nitriles is 1. The molecule has 2 aromatic heterocycles. The molecule has 0 fully saturated rings. The van der Waals surface area contributed by atoms with E-state index >= 15 is 0 Å². The molecule has 114 valence electrons. The Hall–Kier alpha value is -1.34. The Morgan fingerprint density at radius 1 is 1.41 bits per heavy atom. The third kappa shape index (κ3) is 5.14. The van der Waals surface area contributed by atoms with Gasteiger partial charge in [-0.2, -0.15) is 5.26 Å². The Balaban J connectivity index is 1.81. The van der Waals surface area contributed by atoms with Crippen LogP contribution >= 0.6 is 46.2 Å². The first-order valence-corrected chi connectivity index (χ1v) is 9.76. The number of nitrogens with zero attached hydrogens (tertiary/aromatic N) is 3. The lowest BCUT2D eigenvalue weighted by Crippen LogP contribution is -2.13. The zero-order valence-electron chi connectivity index (χ0n) is 11.7. The predicted octanol–water partition coefficient (Wildman–Crippen LogP) is 3.87. The van der Waals surface area contributed by atoms with E-state index in [1.54, 1.807) is 23.2 Å². The number of thioether (sulfide) groups is 2. The molecule has 5 nitrogen and oxygen atoms in total. The lowest BCUT2D eigenvalue weighted by molar-refractivity contribution is -0.113. The van der Waals surface area contributed by atoms with Gasteiger partial charge in [0.2, 0.25) is 5.91 Å². The summed E-state index contributed by atoms with van der Waals surface area (Å²) in [6, 6.07) is 3.72. The van der Waals surface area contributed by atoms with Crippen molar-refractivity contribution in [2.24, 2.45) is 0 Å². The molecule has 2 aromatic rings. The minimum Gasteiger partial charge on any atom is -0.316 e. The van der Waals surface area contributed by atoms with Crippen LogP contribution in [0.4, 0.5) is 5.00 Å². The molecule has 1 amide bonds. The van der Waals surface area contributed by atoms with Crippen molar-refractivity contribution in [1.82, 2.24) is 10.2 Å². The molecule has 0 aliphatic carbocycles. The van der Waals surface area contributed by atoms with E-state index in [4.69, 9.17) is 5.26 Å². The minimum absolute atomic E-state index is 0.157. The quantitative estimate of drug-likeness (QED) is 0.590. The third-order valence-corrected chi connectivity index (χ3v) is 6.45. The van der Waals surface area contributed by atoms with Gasteiger partial charge in [0, 0.05) is 5.75 Å². The molecular formula is C13H12N4OS4. The van der Waals surface area contributed by atoms with Crippen molar-refractivity contribution in [2.75, 3.05) is 16.8 Å². The van der Waals surface area contributed by atoms with Crippen LogP contribution in [-0.4, -0.2) is 27.6 Å². The van der Waals surface area contributed by atoms with Gasteiger partial charge in [-0.3, -0.25) is 4.79 Å². The Labute approximate surface area is 144 Å². The lowest BCUT2D eigenvalue weighted by Gasteiger charge is -2.01. The number of nitrogens with one attached hydrogen (secondary N) is 1. The monoisotopic (exact) mass is 368 g/mol. The zero-order valence-corrected chi connectivity index (χ0v) is 14.9. The van der Waals surface area contributed by atoms with E-state index in [-0.39, 0.29) is 11.7 Å². The molecule has 0 unspecified atom stereocenters. The summed E-state index contributed by atoms with van der Waals surface area (Å²) in [6.07, 6.45) is 0. The van der Waals surface area contributed by atoms with Crippen LogP contribution in [0.5, 0.6) is 0 Å². The van der Waals surface area contributed by atoms with Gasteiger partial charge in [-0.25, -0.2) is 0 Å². The van der Waals surface area contributed by atoms with Crippen molar-refractivity contribution in [3.63, 3.8) is 0 Å². The standard InChI is InChI=1S/C13H12N4OS4/c1-8(2)6-20-12-16-17-13(22-12)21-7-10(18)15-11-9(5-14)3-4-19-11/h3-4H,1,6-7H2,2H3,(H,15,18). The highest BCUT2D eigenvalue weighted by molar-refractivity contribution is 8.03. The highest BCUT2D eigenvalue weighted by atomic mass is 32.2. The second-order valence-corrected chi connectivity index (χ2v) is 8.53. The predicted molar refractivity (Wildman–Crippen MR) is 93.8 cm³/mol. The zero-order chi connectivity index (χ0) is 15.9. The number of carbonyl (C=O) groups is 1. The lowest BCUT2D eigenvalue weighted by atomic mass is 10.3. The van der Waals surface area contributed by atoms with Crippen molar-refractivity contribution in [3.05, 3.63) is 29.2 Å². The minimum atomic E-state index is -0.157. The summed E-state index contributed by atoms with van der Waals surface area (Å²) in [4.78, 5) is 11.9. The molecule has 0 atom stereocenters. The number of rotatable bonds is 7. The van der Waals surface area contributed by atoms with Crippen LogP contribution in [0.2, 0.25) is 0 Å². The average molecular weight is 369 g/mol. The number of amides is 1. The van der Waals surface area contributed by atoms with Crippen LogP contribution in [0.15, 0.2) is 32.3 Å². The molecule has 0 saturated carbocycles. The van der Waals surface area contributed by atoms with Crippen LogP contribution in [0.1, 0.15) is 12.5 Å². The summed E-state index contributed by atoms with van der Waals surface area (Å²) >= 11 is 5.73. The van der Waals surface area contributed by atoms with Crippen molar-refractivity contribution in [1.29, 1.82) is 5.26 Å². The summed E-state index contributed by atoms with van der Waals surface area (Å²) in [5.41, 5.74) is 1.57. The number of thiophene rings is 1. The summed E-state index contributed by atoms with van der Waals surface area (Å²) in [5.74, 6) is 0.896. The Morgan fingerprint density at radius 3 is 2.73 bits per heavy atom. The maximum Gasteiger partial charge on any atom is 0.235 e. The fraction of sp³-hybridized carbons (Fsp3) is 0.231. The van der Waals surface area contributed by atoms with Gasteiger partial charge in [0.25, 0.3) is 0 Å². The van der Waals surface area contributed by atoms with Gasteiger partial charge in [-0.15, -0.1) is 21.5 Å². The molecule has 0 saturated heterocycles. The largest absolute Gasteiger partial charge is 0.316 e. The molecule has 1 N–H and O–H groups in total. The van der Waals surface area contributed by atoms with Gasteiger partial charge >= 0.3 is 0 Å². The fourth-order valence-corrected chi connectivity index (χ4v) is 4.70. The van der Waals surface area contributed by atoms with Crippen LogP contribution in [0, 0.1) is 11.3 Å². The van der Waals surface area contributed by atoms with E-state index < -0.39 is 0 Å². The van der Waals surface area contributed by atoms with Gasteiger partial charge in [0.05, 0.1) is 11.3 Å². The van der Waals surface area contributed by atoms with E-state index in [9.17, 15) is 4.79 Å². The van der Waals surface area contributed by atoms with Crippen molar-refractivity contribution in [2.45, 2.75) is 15.6 Å². The molecule has 0 aromatic carbocycles.